The zero-order valence-corrected chi connectivity index (χ0v) is 10.9. The SMILES string of the molecule is c1ccc(OC2CCCC2)c(OC2CCCC2)c1. The van der Waals surface area contributed by atoms with E-state index in [9.17, 15) is 0 Å². The molecule has 0 spiro atoms. The molecule has 0 atom stereocenters. The highest BCUT2D eigenvalue weighted by atomic mass is 16.5. The van der Waals surface area contributed by atoms with Gasteiger partial charge in [0, 0.05) is 0 Å². The Morgan fingerprint density at radius 2 is 1.06 bits per heavy atom. The van der Waals surface area contributed by atoms with E-state index >= 15 is 0 Å². The van der Waals surface area contributed by atoms with E-state index in [1.807, 2.05) is 24.3 Å². The van der Waals surface area contributed by atoms with Gasteiger partial charge in [-0.25, -0.2) is 0 Å². The van der Waals surface area contributed by atoms with Gasteiger partial charge in [0.15, 0.2) is 11.5 Å². The van der Waals surface area contributed by atoms with E-state index in [4.69, 9.17) is 9.47 Å². The Labute approximate surface area is 109 Å². The van der Waals surface area contributed by atoms with Crippen LogP contribution in [0.2, 0.25) is 0 Å². The predicted molar refractivity (Wildman–Crippen MR) is 72.2 cm³/mol. The molecule has 2 nitrogen and oxygen atoms in total. The van der Waals surface area contributed by atoms with Gasteiger partial charge in [0.05, 0.1) is 12.2 Å². The van der Waals surface area contributed by atoms with Gasteiger partial charge in [-0.05, 0) is 63.5 Å². The fourth-order valence-electron chi connectivity index (χ4n) is 3.02. The molecule has 0 saturated heterocycles. The summed E-state index contributed by atoms with van der Waals surface area (Å²) in [6.07, 6.45) is 10.8. The Morgan fingerprint density at radius 3 is 1.44 bits per heavy atom. The van der Waals surface area contributed by atoms with Gasteiger partial charge in [-0.15, -0.1) is 0 Å². The average molecular weight is 246 g/mol. The van der Waals surface area contributed by atoms with E-state index in [1.54, 1.807) is 0 Å². The van der Waals surface area contributed by atoms with Crippen LogP contribution in [0, 0.1) is 0 Å². The number of hydrogen-bond acceptors (Lipinski definition) is 2. The van der Waals surface area contributed by atoms with Gasteiger partial charge < -0.3 is 9.47 Å². The lowest BCUT2D eigenvalue weighted by Crippen LogP contribution is -2.15. The number of para-hydroxylation sites is 2. The number of hydrogen-bond donors (Lipinski definition) is 0. The van der Waals surface area contributed by atoms with Gasteiger partial charge in [0.25, 0.3) is 0 Å². The van der Waals surface area contributed by atoms with Crippen molar-refractivity contribution in [2.24, 2.45) is 0 Å². The van der Waals surface area contributed by atoms with Crippen LogP contribution in [-0.2, 0) is 0 Å². The summed E-state index contributed by atoms with van der Waals surface area (Å²) in [4.78, 5) is 0. The molecule has 1 aromatic rings. The van der Waals surface area contributed by atoms with Crippen molar-refractivity contribution in [3.8, 4) is 11.5 Å². The largest absolute Gasteiger partial charge is 0.487 e. The molecular formula is C16H22O2. The lowest BCUT2D eigenvalue weighted by molar-refractivity contribution is 0.170. The molecule has 0 aromatic heterocycles. The summed E-state index contributed by atoms with van der Waals surface area (Å²) in [5, 5.41) is 0. The highest BCUT2D eigenvalue weighted by molar-refractivity contribution is 5.39. The van der Waals surface area contributed by atoms with Crippen molar-refractivity contribution in [2.45, 2.75) is 63.6 Å². The molecule has 1 aromatic carbocycles. The van der Waals surface area contributed by atoms with E-state index in [-0.39, 0.29) is 0 Å². The first-order chi connectivity index (χ1) is 8.92. The van der Waals surface area contributed by atoms with Crippen LogP contribution in [0.4, 0.5) is 0 Å². The molecule has 0 unspecified atom stereocenters. The topological polar surface area (TPSA) is 18.5 Å². The summed E-state index contributed by atoms with van der Waals surface area (Å²) in [6, 6.07) is 8.16. The zero-order chi connectivity index (χ0) is 12.2. The molecule has 2 fully saturated rings. The molecule has 0 aliphatic heterocycles. The van der Waals surface area contributed by atoms with Crippen LogP contribution in [0.1, 0.15) is 51.4 Å². The van der Waals surface area contributed by atoms with Gasteiger partial charge in [-0.3, -0.25) is 0 Å². The van der Waals surface area contributed by atoms with E-state index in [0.717, 1.165) is 11.5 Å². The highest BCUT2D eigenvalue weighted by Crippen LogP contribution is 2.34. The standard InChI is InChI=1S/C16H22O2/c1-2-8-13(7-1)17-15-11-5-6-12-16(15)18-14-9-3-4-10-14/h5-6,11-14H,1-4,7-10H2. The van der Waals surface area contributed by atoms with E-state index in [0.29, 0.717) is 12.2 Å². The van der Waals surface area contributed by atoms with Crippen LogP contribution in [0.25, 0.3) is 0 Å². The maximum absolute atomic E-state index is 6.09. The lowest BCUT2D eigenvalue weighted by Gasteiger charge is -2.19. The van der Waals surface area contributed by atoms with Crippen molar-refractivity contribution >= 4 is 0 Å². The van der Waals surface area contributed by atoms with E-state index < -0.39 is 0 Å². The molecule has 0 radical (unpaired) electrons. The molecule has 0 heterocycles. The van der Waals surface area contributed by atoms with Crippen LogP contribution < -0.4 is 9.47 Å². The molecule has 3 rings (SSSR count). The molecule has 2 aliphatic rings. The van der Waals surface area contributed by atoms with E-state index in [2.05, 4.69) is 0 Å². The third kappa shape index (κ3) is 2.80. The molecule has 2 aliphatic carbocycles. The molecular weight excluding hydrogens is 224 g/mol. The minimum atomic E-state index is 0.401. The first kappa shape index (κ1) is 11.9. The molecule has 0 amide bonds. The maximum atomic E-state index is 6.09. The van der Waals surface area contributed by atoms with Crippen molar-refractivity contribution < 1.29 is 9.47 Å². The zero-order valence-electron chi connectivity index (χ0n) is 10.9. The quantitative estimate of drug-likeness (QED) is 0.787. The summed E-state index contributed by atoms with van der Waals surface area (Å²) < 4.78 is 12.2. The predicted octanol–water partition coefficient (Wildman–Crippen LogP) is 4.33. The fraction of sp³-hybridized carbons (Fsp3) is 0.625. The Kier molecular flexibility index (Phi) is 3.72. The average Bonchev–Trinajstić information content (AvgIpc) is 3.05. The van der Waals surface area contributed by atoms with Crippen molar-refractivity contribution in [2.75, 3.05) is 0 Å². The molecule has 18 heavy (non-hydrogen) atoms. The summed E-state index contributed by atoms with van der Waals surface area (Å²) >= 11 is 0. The minimum Gasteiger partial charge on any atom is -0.487 e. The molecule has 2 heteroatoms. The second-order valence-electron chi connectivity index (χ2n) is 5.50. The van der Waals surface area contributed by atoms with Gasteiger partial charge in [-0.2, -0.15) is 0 Å². The fourth-order valence-corrected chi connectivity index (χ4v) is 3.02. The first-order valence-corrected chi connectivity index (χ1v) is 7.34. The van der Waals surface area contributed by atoms with Crippen LogP contribution in [0.15, 0.2) is 24.3 Å². The summed E-state index contributed by atoms with van der Waals surface area (Å²) in [7, 11) is 0. The van der Waals surface area contributed by atoms with E-state index in [1.165, 1.54) is 51.4 Å². The number of rotatable bonds is 4. The highest BCUT2D eigenvalue weighted by Gasteiger charge is 2.21. The molecule has 98 valence electrons. The normalized spacial score (nSPS) is 21.3. The third-order valence-electron chi connectivity index (χ3n) is 4.04. The Morgan fingerprint density at radius 1 is 0.667 bits per heavy atom. The van der Waals surface area contributed by atoms with Gasteiger partial charge in [-0.1, -0.05) is 12.1 Å². The Bertz CT molecular complexity index is 339. The monoisotopic (exact) mass is 246 g/mol. The summed E-state index contributed by atoms with van der Waals surface area (Å²) in [5.74, 6) is 1.88. The maximum Gasteiger partial charge on any atom is 0.161 e. The van der Waals surface area contributed by atoms with Gasteiger partial charge >= 0.3 is 0 Å². The molecule has 2 saturated carbocycles. The van der Waals surface area contributed by atoms with Crippen LogP contribution in [-0.4, -0.2) is 12.2 Å². The second-order valence-corrected chi connectivity index (χ2v) is 5.50. The van der Waals surface area contributed by atoms with Gasteiger partial charge in [0.1, 0.15) is 0 Å². The molecule has 0 bridgehead atoms. The van der Waals surface area contributed by atoms with Crippen molar-refractivity contribution in [3.05, 3.63) is 24.3 Å². The van der Waals surface area contributed by atoms with Crippen LogP contribution >= 0.6 is 0 Å². The Balaban J connectivity index is 1.67. The second kappa shape index (κ2) is 5.64. The minimum absolute atomic E-state index is 0.401. The smallest absolute Gasteiger partial charge is 0.161 e. The van der Waals surface area contributed by atoms with Crippen LogP contribution in [0.5, 0.6) is 11.5 Å². The Hall–Kier alpha value is -1.18. The summed E-state index contributed by atoms with van der Waals surface area (Å²) in [5.41, 5.74) is 0. The van der Waals surface area contributed by atoms with Crippen molar-refractivity contribution in [1.82, 2.24) is 0 Å². The first-order valence-electron chi connectivity index (χ1n) is 7.34. The third-order valence-corrected chi connectivity index (χ3v) is 4.04. The van der Waals surface area contributed by atoms with Crippen molar-refractivity contribution in [3.63, 3.8) is 0 Å². The van der Waals surface area contributed by atoms with Crippen LogP contribution in [0.3, 0.4) is 0 Å². The number of benzene rings is 1. The van der Waals surface area contributed by atoms with Gasteiger partial charge in [0.2, 0.25) is 0 Å². The molecule has 0 N–H and O–H groups in total. The lowest BCUT2D eigenvalue weighted by atomic mass is 10.2. The summed E-state index contributed by atoms with van der Waals surface area (Å²) in [6.45, 7) is 0. The number of ether oxygens (including phenoxy) is 2. The van der Waals surface area contributed by atoms with Crippen molar-refractivity contribution in [1.29, 1.82) is 0 Å².